The lowest BCUT2D eigenvalue weighted by Gasteiger charge is -2.17. The first-order valence-electron chi connectivity index (χ1n) is 6.13. The Kier molecular flexibility index (Phi) is 6.42. The Labute approximate surface area is 107 Å². The maximum atomic E-state index is 11.4. The van der Waals surface area contributed by atoms with Crippen LogP contribution in [0.4, 0.5) is 0 Å². The number of thiophene rings is 1. The Morgan fingerprint density at radius 1 is 1.29 bits per heavy atom. The Morgan fingerprint density at radius 3 is 2.53 bits per heavy atom. The van der Waals surface area contributed by atoms with Crippen molar-refractivity contribution in [1.29, 1.82) is 0 Å². The number of hydrogen-bond donors (Lipinski definition) is 2. The molecule has 0 amide bonds. The summed E-state index contributed by atoms with van der Waals surface area (Å²) < 4.78 is 11.4. The highest BCUT2D eigenvalue weighted by molar-refractivity contribution is 7.52. The second kappa shape index (κ2) is 7.32. The first-order valence-corrected chi connectivity index (χ1v) is 8.75. The van der Waals surface area contributed by atoms with Gasteiger partial charge in [-0.1, -0.05) is 39.0 Å². The van der Waals surface area contributed by atoms with Crippen molar-refractivity contribution < 1.29 is 14.4 Å². The fraction of sp³-hybridized carbons (Fsp3) is 0.667. The molecule has 1 aromatic heterocycles. The standard InChI is InChI=1S/C12H21O3PS/c1-2-3-4-5-6-7-12(16(13,14)15)11-8-9-17-10-11/h8-10,12H,2-7H2,1H3,(H2,13,14,15). The van der Waals surface area contributed by atoms with Crippen LogP contribution in [0.3, 0.4) is 0 Å². The molecular weight excluding hydrogens is 255 g/mol. The second-order valence-electron chi connectivity index (χ2n) is 4.36. The maximum absolute atomic E-state index is 11.4. The van der Waals surface area contributed by atoms with E-state index in [9.17, 15) is 14.4 Å². The third-order valence-corrected chi connectivity index (χ3v) is 4.98. The van der Waals surface area contributed by atoms with Gasteiger partial charge in [0, 0.05) is 0 Å². The van der Waals surface area contributed by atoms with Crippen molar-refractivity contribution in [3.8, 4) is 0 Å². The molecule has 3 nitrogen and oxygen atoms in total. The molecule has 2 N–H and O–H groups in total. The lowest BCUT2D eigenvalue weighted by Crippen LogP contribution is -1.99. The normalized spacial score (nSPS) is 13.8. The zero-order valence-corrected chi connectivity index (χ0v) is 11.9. The van der Waals surface area contributed by atoms with Crippen molar-refractivity contribution in [2.24, 2.45) is 0 Å². The van der Waals surface area contributed by atoms with E-state index in [-0.39, 0.29) is 0 Å². The minimum atomic E-state index is -4.01. The van der Waals surface area contributed by atoms with Crippen LogP contribution in [0.25, 0.3) is 0 Å². The van der Waals surface area contributed by atoms with Gasteiger partial charge >= 0.3 is 7.60 Å². The van der Waals surface area contributed by atoms with Gasteiger partial charge in [0.25, 0.3) is 0 Å². The molecule has 0 aliphatic carbocycles. The molecule has 1 rings (SSSR count). The Bertz CT molecular complexity index is 345. The van der Waals surface area contributed by atoms with E-state index in [4.69, 9.17) is 0 Å². The van der Waals surface area contributed by atoms with E-state index < -0.39 is 13.3 Å². The first-order chi connectivity index (χ1) is 8.05. The van der Waals surface area contributed by atoms with E-state index in [1.165, 1.54) is 24.2 Å². The SMILES string of the molecule is CCCCCCCC(c1ccsc1)P(=O)(O)O. The summed E-state index contributed by atoms with van der Waals surface area (Å²) in [6, 6.07) is 1.82. The van der Waals surface area contributed by atoms with Crippen molar-refractivity contribution in [3.05, 3.63) is 22.4 Å². The van der Waals surface area contributed by atoms with E-state index in [0.29, 0.717) is 6.42 Å². The number of hydrogen-bond acceptors (Lipinski definition) is 2. The van der Waals surface area contributed by atoms with E-state index in [1.54, 1.807) is 0 Å². The van der Waals surface area contributed by atoms with Crippen LogP contribution in [-0.2, 0) is 4.57 Å². The highest BCUT2D eigenvalue weighted by Gasteiger charge is 2.29. The average Bonchev–Trinajstić information content (AvgIpc) is 2.74. The summed E-state index contributed by atoms with van der Waals surface area (Å²) in [6.07, 6.45) is 6.10. The molecule has 0 saturated heterocycles. The third kappa shape index (κ3) is 5.35. The molecule has 17 heavy (non-hydrogen) atoms. The molecule has 0 radical (unpaired) electrons. The summed E-state index contributed by atoms with van der Waals surface area (Å²) in [4.78, 5) is 18.7. The number of rotatable bonds is 8. The van der Waals surface area contributed by atoms with Gasteiger partial charge in [0.05, 0.1) is 5.66 Å². The quantitative estimate of drug-likeness (QED) is 0.549. The smallest absolute Gasteiger partial charge is 0.324 e. The van der Waals surface area contributed by atoms with E-state index in [2.05, 4.69) is 6.92 Å². The predicted molar refractivity (Wildman–Crippen MR) is 72.5 cm³/mol. The molecule has 1 aromatic rings. The van der Waals surface area contributed by atoms with Gasteiger partial charge in [0.2, 0.25) is 0 Å². The second-order valence-corrected chi connectivity index (χ2v) is 6.95. The van der Waals surface area contributed by atoms with Crippen molar-refractivity contribution >= 4 is 18.9 Å². The van der Waals surface area contributed by atoms with E-state index in [0.717, 1.165) is 24.8 Å². The van der Waals surface area contributed by atoms with Crippen LogP contribution >= 0.6 is 18.9 Å². The van der Waals surface area contributed by atoms with Gasteiger partial charge < -0.3 is 9.79 Å². The zero-order valence-electron chi connectivity index (χ0n) is 10.2. The molecule has 1 atom stereocenters. The summed E-state index contributed by atoms with van der Waals surface area (Å²) in [5, 5.41) is 3.71. The molecule has 0 fully saturated rings. The topological polar surface area (TPSA) is 57.5 Å². The fourth-order valence-electron chi connectivity index (χ4n) is 1.93. The van der Waals surface area contributed by atoms with Gasteiger partial charge in [-0.2, -0.15) is 11.3 Å². The molecule has 98 valence electrons. The first kappa shape index (κ1) is 14.9. The van der Waals surface area contributed by atoms with Gasteiger partial charge in [-0.25, -0.2) is 0 Å². The summed E-state index contributed by atoms with van der Waals surface area (Å²) in [7, 11) is -4.01. The fourth-order valence-corrected chi connectivity index (χ4v) is 3.82. The summed E-state index contributed by atoms with van der Waals surface area (Å²) in [5.41, 5.74) is 0.189. The molecule has 0 bridgehead atoms. The molecule has 0 spiro atoms. The van der Waals surface area contributed by atoms with Crippen LogP contribution < -0.4 is 0 Å². The summed E-state index contributed by atoms with van der Waals surface area (Å²) >= 11 is 1.49. The predicted octanol–water partition coefficient (Wildman–Crippen LogP) is 4.33. The van der Waals surface area contributed by atoms with Crippen LogP contribution in [0.1, 0.15) is 56.7 Å². The molecule has 1 heterocycles. The Morgan fingerprint density at radius 2 is 2.00 bits per heavy atom. The highest BCUT2D eigenvalue weighted by atomic mass is 32.1. The molecule has 1 unspecified atom stereocenters. The molecule has 5 heteroatoms. The summed E-state index contributed by atoms with van der Waals surface area (Å²) in [6.45, 7) is 2.16. The van der Waals surface area contributed by atoms with E-state index >= 15 is 0 Å². The van der Waals surface area contributed by atoms with Gasteiger partial charge in [0.1, 0.15) is 0 Å². The molecule has 0 aromatic carbocycles. The molecule has 0 saturated carbocycles. The third-order valence-electron chi connectivity index (χ3n) is 2.92. The van der Waals surface area contributed by atoms with Crippen LogP contribution in [0, 0.1) is 0 Å². The average molecular weight is 276 g/mol. The lowest BCUT2D eigenvalue weighted by molar-refractivity contribution is 0.353. The van der Waals surface area contributed by atoms with Crippen molar-refractivity contribution in [2.45, 2.75) is 51.1 Å². The highest BCUT2D eigenvalue weighted by Crippen LogP contribution is 2.54. The Hall–Kier alpha value is -0.150. The van der Waals surface area contributed by atoms with Crippen molar-refractivity contribution in [3.63, 3.8) is 0 Å². The minimum absolute atomic E-state index is 0.588. The monoisotopic (exact) mass is 276 g/mol. The van der Waals surface area contributed by atoms with Crippen LogP contribution in [0.15, 0.2) is 16.8 Å². The van der Waals surface area contributed by atoms with Gasteiger partial charge in [-0.3, -0.25) is 4.57 Å². The Balaban J connectivity index is 2.47. The zero-order chi connectivity index (χ0) is 12.7. The van der Waals surface area contributed by atoms with Gasteiger partial charge in [0.15, 0.2) is 0 Å². The molecule has 0 aliphatic heterocycles. The van der Waals surface area contributed by atoms with Crippen molar-refractivity contribution in [1.82, 2.24) is 0 Å². The molecule has 0 aliphatic rings. The molecular formula is C12H21O3PS. The van der Waals surface area contributed by atoms with Gasteiger partial charge in [-0.15, -0.1) is 0 Å². The van der Waals surface area contributed by atoms with Crippen LogP contribution in [-0.4, -0.2) is 9.79 Å². The van der Waals surface area contributed by atoms with Gasteiger partial charge in [-0.05, 0) is 28.8 Å². The summed E-state index contributed by atoms with van der Waals surface area (Å²) in [5.74, 6) is 0. The largest absolute Gasteiger partial charge is 0.332 e. The van der Waals surface area contributed by atoms with Crippen LogP contribution in [0.2, 0.25) is 0 Å². The van der Waals surface area contributed by atoms with E-state index in [1.807, 2.05) is 16.8 Å². The van der Waals surface area contributed by atoms with Crippen molar-refractivity contribution in [2.75, 3.05) is 0 Å². The lowest BCUT2D eigenvalue weighted by atomic mass is 10.1. The number of unbranched alkanes of at least 4 members (excludes halogenated alkanes) is 4. The maximum Gasteiger partial charge on any atom is 0.332 e. The minimum Gasteiger partial charge on any atom is -0.324 e. The van der Waals surface area contributed by atoms with Crippen LogP contribution in [0.5, 0.6) is 0 Å².